The Morgan fingerprint density at radius 3 is 2.23 bits per heavy atom. The van der Waals surface area contributed by atoms with Gasteiger partial charge in [0.15, 0.2) is 5.96 Å². The number of hydrogen-bond acceptors (Lipinski definition) is 2. The van der Waals surface area contributed by atoms with Crippen LogP contribution in [0.3, 0.4) is 0 Å². The molecule has 2 fully saturated rings. The summed E-state index contributed by atoms with van der Waals surface area (Å²) < 4.78 is 0. The van der Waals surface area contributed by atoms with E-state index in [1.54, 1.807) is 0 Å². The molecule has 0 spiro atoms. The zero-order valence-electron chi connectivity index (χ0n) is 15.3. The maximum absolute atomic E-state index is 4.48. The van der Waals surface area contributed by atoms with Crippen LogP contribution in [0.1, 0.15) is 47.5 Å². The summed E-state index contributed by atoms with van der Waals surface area (Å²) in [6.45, 7) is 17.4. The molecule has 2 saturated heterocycles. The van der Waals surface area contributed by atoms with E-state index in [-0.39, 0.29) is 29.5 Å². The normalized spacial score (nSPS) is 25.4. The Balaban J connectivity index is 0.00000242. The molecule has 0 bridgehead atoms. The Labute approximate surface area is 154 Å². The van der Waals surface area contributed by atoms with Crippen LogP contribution in [0.2, 0.25) is 0 Å². The molecule has 4 nitrogen and oxygen atoms in total. The van der Waals surface area contributed by atoms with Gasteiger partial charge >= 0.3 is 0 Å². The van der Waals surface area contributed by atoms with E-state index in [1.165, 1.54) is 25.9 Å². The van der Waals surface area contributed by atoms with Crippen molar-refractivity contribution in [1.29, 1.82) is 0 Å². The van der Waals surface area contributed by atoms with Crippen LogP contribution < -0.4 is 5.32 Å². The molecule has 0 aromatic rings. The summed E-state index contributed by atoms with van der Waals surface area (Å²) in [4.78, 5) is 9.46. The van der Waals surface area contributed by atoms with Crippen molar-refractivity contribution in [3.63, 3.8) is 0 Å². The summed E-state index contributed by atoms with van der Waals surface area (Å²) in [6.07, 6.45) is 2.70. The van der Waals surface area contributed by atoms with Gasteiger partial charge in [-0.3, -0.25) is 4.99 Å². The minimum absolute atomic E-state index is 0. The van der Waals surface area contributed by atoms with Gasteiger partial charge in [-0.05, 0) is 45.7 Å². The third-order valence-corrected chi connectivity index (χ3v) is 5.94. The van der Waals surface area contributed by atoms with Crippen LogP contribution >= 0.6 is 24.0 Å². The Hall–Kier alpha value is -0.0400. The van der Waals surface area contributed by atoms with E-state index in [1.807, 2.05) is 7.05 Å². The van der Waals surface area contributed by atoms with Gasteiger partial charge in [-0.15, -0.1) is 24.0 Å². The summed E-state index contributed by atoms with van der Waals surface area (Å²) >= 11 is 0. The van der Waals surface area contributed by atoms with Gasteiger partial charge in [-0.1, -0.05) is 20.8 Å². The van der Waals surface area contributed by atoms with E-state index >= 15 is 0 Å². The van der Waals surface area contributed by atoms with E-state index in [4.69, 9.17) is 0 Å². The fourth-order valence-corrected chi connectivity index (χ4v) is 3.31. The lowest BCUT2D eigenvalue weighted by molar-refractivity contribution is -0.0667. The first-order valence-electron chi connectivity index (χ1n) is 8.48. The largest absolute Gasteiger partial charge is 0.355 e. The van der Waals surface area contributed by atoms with Gasteiger partial charge in [-0.25, -0.2) is 0 Å². The zero-order valence-corrected chi connectivity index (χ0v) is 17.6. The third-order valence-electron chi connectivity index (χ3n) is 5.94. The number of guanidine groups is 1. The first-order valence-corrected chi connectivity index (χ1v) is 8.48. The van der Waals surface area contributed by atoms with Crippen LogP contribution in [0, 0.1) is 11.3 Å². The molecule has 130 valence electrons. The highest BCUT2D eigenvalue weighted by Gasteiger charge is 2.53. The van der Waals surface area contributed by atoms with Crippen LogP contribution in [0.5, 0.6) is 0 Å². The first-order chi connectivity index (χ1) is 9.78. The highest BCUT2D eigenvalue weighted by Crippen LogP contribution is 2.46. The van der Waals surface area contributed by atoms with Crippen molar-refractivity contribution < 1.29 is 0 Å². The Bertz CT molecular complexity index is 384. The van der Waals surface area contributed by atoms with Gasteiger partial charge in [0.2, 0.25) is 0 Å². The number of nitrogens with zero attached hydrogens (tertiary/aromatic N) is 3. The second kappa shape index (κ2) is 7.69. The Morgan fingerprint density at radius 2 is 1.77 bits per heavy atom. The van der Waals surface area contributed by atoms with Crippen LogP contribution in [0.25, 0.3) is 0 Å². The van der Waals surface area contributed by atoms with Gasteiger partial charge in [0.1, 0.15) is 0 Å². The zero-order chi connectivity index (χ0) is 15.7. The SMILES string of the molecule is CN=C(NCCN1CCC(C)CC1)N1CC(C)(C)C1(C)C.I. The molecule has 0 aromatic carbocycles. The van der Waals surface area contributed by atoms with Crippen molar-refractivity contribution in [3.05, 3.63) is 0 Å². The number of nitrogens with one attached hydrogen (secondary N) is 1. The maximum Gasteiger partial charge on any atom is 0.194 e. The smallest absolute Gasteiger partial charge is 0.194 e. The molecule has 5 heteroatoms. The van der Waals surface area contributed by atoms with Crippen molar-refractivity contribution >= 4 is 29.9 Å². The van der Waals surface area contributed by atoms with Crippen LogP contribution in [-0.2, 0) is 0 Å². The number of piperidine rings is 1. The highest BCUT2D eigenvalue weighted by molar-refractivity contribution is 14.0. The predicted molar refractivity (Wildman–Crippen MR) is 106 cm³/mol. The molecule has 2 rings (SSSR count). The number of rotatable bonds is 3. The molecule has 2 heterocycles. The van der Waals surface area contributed by atoms with Crippen molar-refractivity contribution in [2.75, 3.05) is 39.8 Å². The monoisotopic (exact) mass is 422 g/mol. The van der Waals surface area contributed by atoms with Crippen molar-refractivity contribution in [3.8, 4) is 0 Å². The van der Waals surface area contributed by atoms with Gasteiger partial charge in [0, 0.05) is 37.6 Å². The fraction of sp³-hybridized carbons (Fsp3) is 0.941. The second-order valence-electron chi connectivity index (χ2n) is 8.03. The minimum atomic E-state index is 0. The number of hydrogen-bond donors (Lipinski definition) is 1. The van der Waals surface area contributed by atoms with E-state index in [0.29, 0.717) is 5.41 Å². The molecule has 2 aliphatic heterocycles. The van der Waals surface area contributed by atoms with Crippen molar-refractivity contribution in [2.45, 2.75) is 53.0 Å². The summed E-state index contributed by atoms with van der Waals surface area (Å²) in [6, 6.07) is 0. The second-order valence-corrected chi connectivity index (χ2v) is 8.03. The van der Waals surface area contributed by atoms with Crippen LogP contribution in [-0.4, -0.2) is 61.1 Å². The van der Waals surface area contributed by atoms with Crippen molar-refractivity contribution in [1.82, 2.24) is 15.1 Å². The topological polar surface area (TPSA) is 30.9 Å². The first kappa shape index (κ1) is 20.0. The average Bonchev–Trinajstić information content (AvgIpc) is 2.44. The van der Waals surface area contributed by atoms with E-state index in [9.17, 15) is 0 Å². The molecular formula is C17H35IN4. The summed E-state index contributed by atoms with van der Waals surface area (Å²) in [7, 11) is 1.90. The molecule has 0 aliphatic carbocycles. The molecular weight excluding hydrogens is 387 g/mol. The highest BCUT2D eigenvalue weighted by atomic mass is 127. The molecule has 0 atom stereocenters. The third kappa shape index (κ3) is 4.08. The number of likely N-dealkylation sites (tertiary alicyclic amines) is 2. The molecule has 0 saturated carbocycles. The summed E-state index contributed by atoms with van der Waals surface area (Å²) in [5.41, 5.74) is 0.531. The molecule has 0 unspecified atom stereocenters. The van der Waals surface area contributed by atoms with Crippen LogP contribution in [0.15, 0.2) is 4.99 Å². The lowest BCUT2D eigenvalue weighted by Gasteiger charge is -2.62. The molecule has 22 heavy (non-hydrogen) atoms. The molecule has 0 aromatic heterocycles. The predicted octanol–water partition coefficient (Wildman–Crippen LogP) is 3.03. The van der Waals surface area contributed by atoms with Crippen LogP contribution in [0.4, 0.5) is 0 Å². The number of halogens is 1. The van der Waals surface area contributed by atoms with Crippen molar-refractivity contribution in [2.24, 2.45) is 16.3 Å². The average molecular weight is 422 g/mol. The van der Waals surface area contributed by atoms with Gasteiger partial charge in [0.25, 0.3) is 0 Å². The lowest BCUT2D eigenvalue weighted by atomic mass is 9.65. The minimum Gasteiger partial charge on any atom is -0.355 e. The fourth-order valence-electron chi connectivity index (χ4n) is 3.31. The molecule has 1 N–H and O–H groups in total. The van der Waals surface area contributed by atoms with E-state index < -0.39 is 0 Å². The lowest BCUT2D eigenvalue weighted by Crippen LogP contribution is -2.72. The molecule has 0 radical (unpaired) electrons. The number of aliphatic imine (C=N–C) groups is 1. The van der Waals surface area contributed by atoms with E-state index in [2.05, 4.69) is 54.7 Å². The van der Waals surface area contributed by atoms with Gasteiger partial charge in [-0.2, -0.15) is 0 Å². The van der Waals surface area contributed by atoms with Gasteiger partial charge < -0.3 is 15.1 Å². The van der Waals surface area contributed by atoms with Gasteiger partial charge in [0.05, 0.1) is 0 Å². The molecule has 2 aliphatic rings. The Morgan fingerprint density at radius 1 is 1.18 bits per heavy atom. The summed E-state index contributed by atoms with van der Waals surface area (Å²) in [5, 5.41) is 3.56. The molecule has 0 amide bonds. The maximum atomic E-state index is 4.48. The Kier molecular flexibility index (Phi) is 6.99. The summed E-state index contributed by atoms with van der Waals surface area (Å²) in [5.74, 6) is 1.97. The quantitative estimate of drug-likeness (QED) is 0.431. The standard InChI is InChI=1S/C17H34N4.HI/c1-14-7-10-20(11-8-14)12-9-19-15(18-6)21-13-16(2,3)17(21,4)5;/h14H,7-13H2,1-6H3,(H,18,19);1H. The van der Waals surface area contributed by atoms with E-state index in [0.717, 1.165) is 31.5 Å².